The van der Waals surface area contributed by atoms with Gasteiger partial charge in [-0.3, -0.25) is 4.79 Å². The van der Waals surface area contributed by atoms with Gasteiger partial charge in [0, 0.05) is 19.6 Å². The number of benzene rings is 3. The van der Waals surface area contributed by atoms with Crippen molar-refractivity contribution in [1.29, 1.82) is 0 Å². The fraction of sp³-hybridized carbons (Fsp3) is 0.412. The fourth-order valence-electron chi connectivity index (χ4n) is 4.52. The van der Waals surface area contributed by atoms with Crippen LogP contribution in [0.15, 0.2) is 89.8 Å². The van der Waals surface area contributed by atoms with Gasteiger partial charge in [-0.25, -0.2) is 13.2 Å². The highest BCUT2D eigenvalue weighted by molar-refractivity contribution is 7.89. The Morgan fingerprint density at radius 1 is 0.889 bits per heavy atom. The lowest BCUT2D eigenvalue weighted by Crippen LogP contribution is -2.52. The minimum Gasteiger partial charge on any atom is -0.497 e. The minimum atomic E-state index is -3.90. The highest BCUT2D eigenvalue weighted by Crippen LogP contribution is 2.19. The number of nitrogens with zero attached hydrogens (tertiary/aromatic N) is 1. The van der Waals surface area contributed by atoms with Gasteiger partial charge in [0.1, 0.15) is 12.4 Å². The highest BCUT2D eigenvalue weighted by atomic mass is 32.2. The van der Waals surface area contributed by atoms with Crippen molar-refractivity contribution in [3.8, 4) is 5.75 Å². The first-order chi connectivity index (χ1) is 21.5. The lowest BCUT2D eigenvalue weighted by Gasteiger charge is -2.31. The number of amides is 2. The molecule has 0 saturated heterocycles. The Kier molecular flexibility index (Phi) is 13.8. The van der Waals surface area contributed by atoms with Crippen LogP contribution in [0.5, 0.6) is 5.75 Å². The SMILES string of the molecule is COc1ccc(COC(=O)NCC(C)C(=O)NC(Cc2ccccc2)C(O)CN(CCC(C)C)S(=O)(=O)c2ccccc2)cc1. The molecule has 45 heavy (non-hydrogen) atoms. The number of carbonyl (C=O) groups is 2. The first-order valence-electron chi connectivity index (χ1n) is 15.1. The monoisotopic (exact) mass is 639 g/mol. The van der Waals surface area contributed by atoms with E-state index in [0.717, 1.165) is 11.1 Å². The Hall–Kier alpha value is -3.93. The third-order valence-electron chi connectivity index (χ3n) is 7.35. The van der Waals surface area contributed by atoms with Gasteiger partial charge in [0.15, 0.2) is 0 Å². The first-order valence-corrected chi connectivity index (χ1v) is 16.5. The molecule has 0 aliphatic carbocycles. The molecule has 0 aliphatic heterocycles. The number of methoxy groups -OCH3 is 1. The van der Waals surface area contributed by atoms with Crippen LogP contribution < -0.4 is 15.4 Å². The summed E-state index contributed by atoms with van der Waals surface area (Å²) < 4.78 is 38.8. The molecular formula is C34H45N3O7S. The maximum Gasteiger partial charge on any atom is 0.407 e. The molecule has 0 aliphatic rings. The smallest absolute Gasteiger partial charge is 0.407 e. The van der Waals surface area contributed by atoms with Crippen molar-refractivity contribution in [3.05, 3.63) is 96.1 Å². The van der Waals surface area contributed by atoms with Crippen LogP contribution in [0.1, 0.15) is 38.3 Å². The standard InChI is InChI=1S/C34H45N3O7S/c1-25(2)19-20-37(45(41,42)30-13-9-6-10-14-30)23-32(38)31(21-27-11-7-5-8-12-27)36-33(39)26(3)22-35-34(40)44-24-28-15-17-29(43-4)18-16-28/h5-18,25-26,31-32,38H,19-24H2,1-4H3,(H,35,40)(H,36,39). The Morgan fingerprint density at radius 2 is 1.51 bits per heavy atom. The van der Waals surface area contributed by atoms with Crippen molar-refractivity contribution in [2.24, 2.45) is 11.8 Å². The molecule has 0 fully saturated rings. The van der Waals surface area contributed by atoms with Crippen molar-refractivity contribution < 1.29 is 32.6 Å². The number of alkyl carbamates (subject to hydrolysis) is 1. The maximum absolute atomic E-state index is 13.6. The number of aliphatic hydroxyl groups is 1. The van der Waals surface area contributed by atoms with Crippen molar-refractivity contribution in [3.63, 3.8) is 0 Å². The molecule has 3 N–H and O–H groups in total. The average Bonchev–Trinajstić information content (AvgIpc) is 3.04. The highest BCUT2D eigenvalue weighted by Gasteiger charge is 2.31. The van der Waals surface area contributed by atoms with Gasteiger partial charge in [-0.05, 0) is 54.2 Å². The van der Waals surface area contributed by atoms with Crippen LogP contribution in [0.2, 0.25) is 0 Å². The topological polar surface area (TPSA) is 134 Å². The molecule has 0 radical (unpaired) electrons. The molecule has 3 aromatic rings. The van der Waals surface area contributed by atoms with Crippen molar-refractivity contribution >= 4 is 22.0 Å². The Labute approximate surface area is 266 Å². The lowest BCUT2D eigenvalue weighted by atomic mass is 9.99. The molecule has 3 atom stereocenters. The summed E-state index contributed by atoms with van der Waals surface area (Å²) in [4.78, 5) is 25.7. The van der Waals surface area contributed by atoms with Crippen LogP contribution in [0.3, 0.4) is 0 Å². The van der Waals surface area contributed by atoms with E-state index in [1.807, 2.05) is 44.2 Å². The van der Waals surface area contributed by atoms with Gasteiger partial charge in [-0.2, -0.15) is 4.31 Å². The molecule has 3 rings (SSSR count). The molecule has 0 bridgehead atoms. The summed E-state index contributed by atoms with van der Waals surface area (Å²) in [5, 5.41) is 17.0. The second kappa shape index (κ2) is 17.5. The predicted octanol–water partition coefficient (Wildman–Crippen LogP) is 4.38. The summed E-state index contributed by atoms with van der Waals surface area (Å²) in [6.07, 6.45) is -1.000. The van der Waals surface area contributed by atoms with Crippen molar-refractivity contribution in [1.82, 2.24) is 14.9 Å². The third-order valence-corrected chi connectivity index (χ3v) is 9.23. The van der Waals surface area contributed by atoms with E-state index in [2.05, 4.69) is 10.6 Å². The van der Waals surface area contributed by atoms with E-state index in [9.17, 15) is 23.1 Å². The molecule has 11 heteroatoms. The largest absolute Gasteiger partial charge is 0.497 e. The summed E-state index contributed by atoms with van der Waals surface area (Å²) >= 11 is 0. The van der Waals surface area contributed by atoms with Crippen LogP contribution in [0.25, 0.3) is 0 Å². The van der Waals surface area contributed by atoms with Gasteiger partial charge in [0.25, 0.3) is 0 Å². The van der Waals surface area contributed by atoms with Gasteiger partial charge in [0.2, 0.25) is 15.9 Å². The predicted molar refractivity (Wildman–Crippen MR) is 173 cm³/mol. The summed E-state index contributed by atoms with van der Waals surface area (Å²) in [5.74, 6) is -0.120. The molecule has 3 aromatic carbocycles. The summed E-state index contributed by atoms with van der Waals surface area (Å²) in [7, 11) is -2.33. The molecular weight excluding hydrogens is 594 g/mol. The maximum atomic E-state index is 13.6. The van der Waals surface area contributed by atoms with E-state index in [1.165, 1.54) is 16.4 Å². The molecule has 3 unspecified atom stereocenters. The molecule has 0 heterocycles. The number of aliphatic hydroxyl groups excluding tert-OH is 1. The van der Waals surface area contributed by atoms with Crippen molar-refractivity contribution in [2.75, 3.05) is 26.7 Å². The quantitative estimate of drug-likeness (QED) is 0.200. The Morgan fingerprint density at radius 3 is 2.11 bits per heavy atom. The lowest BCUT2D eigenvalue weighted by molar-refractivity contribution is -0.126. The number of hydrogen-bond acceptors (Lipinski definition) is 7. The molecule has 2 amide bonds. The van der Waals surface area contributed by atoms with Gasteiger partial charge in [-0.1, -0.05) is 81.4 Å². The number of sulfonamides is 1. The number of ether oxygens (including phenoxy) is 2. The fourth-order valence-corrected chi connectivity index (χ4v) is 6.01. The van der Waals surface area contributed by atoms with Crippen LogP contribution in [0.4, 0.5) is 4.79 Å². The molecule has 244 valence electrons. The van der Waals surface area contributed by atoms with E-state index >= 15 is 0 Å². The number of rotatable bonds is 17. The number of hydrogen-bond donors (Lipinski definition) is 3. The Balaban J connectivity index is 1.67. The average molecular weight is 640 g/mol. The second-order valence-corrected chi connectivity index (χ2v) is 13.4. The first kappa shape index (κ1) is 35.5. The summed E-state index contributed by atoms with van der Waals surface area (Å²) in [6.45, 7) is 5.74. The van der Waals surface area contributed by atoms with E-state index in [-0.39, 0.29) is 43.5 Å². The van der Waals surface area contributed by atoms with Gasteiger partial charge >= 0.3 is 6.09 Å². The third kappa shape index (κ3) is 11.5. The van der Waals surface area contributed by atoms with E-state index in [4.69, 9.17) is 9.47 Å². The van der Waals surface area contributed by atoms with Gasteiger partial charge in [-0.15, -0.1) is 0 Å². The second-order valence-electron chi connectivity index (χ2n) is 11.4. The normalized spacial score (nSPS) is 13.6. The molecule has 0 saturated carbocycles. The summed E-state index contributed by atoms with van der Waals surface area (Å²) in [6, 6.07) is 23.8. The van der Waals surface area contributed by atoms with Crippen LogP contribution in [-0.4, -0.2) is 68.7 Å². The van der Waals surface area contributed by atoms with E-state index in [1.54, 1.807) is 56.5 Å². The summed E-state index contributed by atoms with van der Waals surface area (Å²) in [5.41, 5.74) is 1.65. The minimum absolute atomic E-state index is 0.00430. The van der Waals surface area contributed by atoms with Crippen LogP contribution >= 0.6 is 0 Å². The van der Waals surface area contributed by atoms with Crippen LogP contribution in [-0.2, 0) is 32.6 Å². The van der Waals surface area contributed by atoms with Crippen LogP contribution in [0, 0.1) is 11.8 Å². The van der Waals surface area contributed by atoms with E-state index in [0.29, 0.717) is 12.2 Å². The number of carbonyl (C=O) groups excluding carboxylic acids is 2. The zero-order valence-corrected chi connectivity index (χ0v) is 27.2. The van der Waals surface area contributed by atoms with Gasteiger partial charge in [0.05, 0.1) is 30.1 Å². The Bertz CT molecular complexity index is 1440. The van der Waals surface area contributed by atoms with Gasteiger partial charge < -0.3 is 25.2 Å². The zero-order valence-electron chi connectivity index (χ0n) is 26.4. The molecule has 10 nitrogen and oxygen atoms in total. The van der Waals surface area contributed by atoms with Crippen molar-refractivity contribution in [2.45, 2.75) is 57.3 Å². The van der Waals surface area contributed by atoms with E-state index < -0.39 is 40.1 Å². The zero-order chi connectivity index (χ0) is 32.8. The molecule has 0 aromatic heterocycles. The number of nitrogens with one attached hydrogen (secondary N) is 2. The molecule has 0 spiro atoms.